The highest BCUT2D eigenvalue weighted by Gasteiger charge is 2.40. The number of nitrogens with zero attached hydrogens (tertiary/aromatic N) is 3. The topological polar surface area (TPSA) is 68.7 Å². The molecule has 7 heteroatoms. The van der Waals surface area contributed by atoms with E-state index in [4.69, 9.17) is 11.6 Å². The first kappa shape index (κ1) is 42.3. The van der Waals surface area contributed by atoms with Crippen molar-refractivity contribution in [2.45, 2.75) is 139 Å². The molecule has 1 fully saturated rings. The number of thiazole rings is 1. The molecule has 1 aromatic heterocycles. The molecule has 0 spiro atoms. The van der Waals surface area contributed by atoms with Crippen LogP contribution in [-0.4, -0.2) is 39.0 Å². The van der Waals surface area contributed by atoms with Gasteiger partial charge in [-0.3, -0.25) is 10.0 Å². The summed E-state index contributed by atoms with van der Waals surface area (Å²) in [5, 5.41) is 12.9. The first-order valence-corrected chi connectivity index (χ1v) is 20.8. The van der Waals surface area contributed by atoms with Crippen LogP contribution in [0.2, 0.25) is 0 Å². The lowest BCUT2D eigenvalue weighted by molar-refractivity contribution is -0.124. The lowest BCUT2D eigenvalue weighted by atomic mass is 9.76. The molecule has 2 N–H and O–H groups in total. The van der Waals surface area contributed by atoms with Crippen LogP contribution < -0.4 is 5.48 Å². The van der Waals surface area contributed by atoms with E-state index in [0.29, 0.717) is 18.0 Å². The second-order valence-corrected chi connectivity index (χ2v) is 15.2. The van der Waals surface area contributed by atoms with Crippen molar-refractivity contribution >= 4 is 17.2 Å². The van der Waals surface area contributed by atoms with Crippen molar-refractivity contribution in [3.05, 3.63) is 99.0 Å². The molecular weight excluding hydrogens is 649 g/mol. The Morgan fingerprint density at radius 2 is 1.82 bits per heavy atom. The van der Waals surface area contributed by atoms with Crippen molar-refractivity contribution in [1.82, 2.24) is 20.3 Å². The lowest BCUT2D eigenvalue weighted by Gasteiger charge is -2.47. The normalized spacial score (nSPS) is 19.8. The van der Waals surface area contributed by atoms with Gasteiger partial charge in [-0.05, 0) is 81.6 Å². The average Bonchev–Trinajstić information content (AvgIpc) is 3.45. The highest BCUT2D eigenvalue weighted by atomic mass is 32.1. The third-order valence-electron chi connectivity index (χ3n) is 11.2. The Morgan fingerprint density at radius 1 is 1.14 bits per heavy atom. The summed E-state index contributed by atoms with van der Waals surface area (Å²) in [6, 6.07) is 0.185. The number of fused-ring (bicyclic) bond motifs is 1. The molecule has 1 aliphatic heterocycles. The smallest absolute Gasteiger partial charge is 0.274 e. The van der Waals surface area contributed by atoms with Gasteiger partial charge in [0.05, 0.1) is 6.04 Å². The van der Waals surface area contributed by atoms with Crippen LogP contribution in [0.1, 0.15) is 144 Å². The fraction of sp³-hybridized carbons (Fsp3) is 0.591. The Labute approximate surface area is 314 Å². The lowest BCUT2D eigenvalue weighted by Crippen LogP contribution is -2.44. The van der Waals surface area contributed by atoms with Crippen LogP contribution in [0.3, 0.4) is 0 Å². The number of nitrogens with one attached hydrogen (secondary N) is 1. The molecule has 0 aromatic carbocycles. The maximum absolute atomic E-state index is 12.9. The van der Waals surface area contributed by atoms with Crippen LogP contribution in [0.5, 0.6) is 0 Å². The average molecular weight is 717 g/mol. The zero-order valence-electron chi connectivity index (χ0n) is 33.4. The third kappa shape index (κ3) is 10.3. The number of carbonyl (C=O) groups is 1. The molecule has 2 heterocycles. The second-order valence-electron chi connectivity index (χ2n) is 14.3. The SMILES string of the molecule is C=C(N(CC)C(CCC)c1nccs1)C(C)(CC)CN1C2=CC(C=CC(C(=O)NO)=C2)C(C2CCCCCC2)=C1/C(C)=C/C=C(CC)CC.CC. The molecule has 2 aliphatic carbocycles. The first-order chi connectivity index (χ1) is 24.7. The summed E-state index contributed by atoms with van der Waals surface area (Å²) in [5.74, 6) is 0.0568. The minimum atomic E-state index is -0.487. The summed E-state index contributed by atoms with van der Waals surface area (Å²) in [6.45, 7) is 26.3. The van der Waals surface area contributed by atoms with Crippen molar-refractivity contribution in [3.63, 3.8) is 0 Å². The Hall–Kier alpha value is -3.16. The van der Waals surface area contributed by atoms with E-state index in [2.05, 4.69) is 88.0 Å². The first-order valence-electron chi connectivity index (χ1n) is 20.0. The summed E-state index contributed by atoms with van der Waals surface area (Å²) in [6.07, 6.45) is 27.5. The van der Waals surface area contributed by atoms with Crippen molar-refractivity contribution in [1.29, 1.82) is 0 Å². The Morgan fingerprint density at radius 3 is 2.37 bits per heavy atom. The fourth-order valence-corrected chi connectivity index (χ4v) is 8.76. The van der Waals surface area contributed by atoms with Gasteiger partial charge in [0.1, 0.15) is 5.01 Å². The maximum atomic E-state index is 12.9. The minimum absolute atomic E-state index is 0.0794. The third-order valence-corrected chi connectivity index (χ3v) is 12.1. The number of allylic oxidation sites excluding steroid dienone is 8. The predicted molar refractivity (Wildman–Crippen MR) is 217 cm³/mol. The number of hydrogen-bond donors (Lipinski definition) is 2. The molecule has 3 atom stereocenters. The summed E-state index contributed by atoms with van der Waals surface area (Å²) >= 11 is 1.73. The van der Waals surface area contributed by atoms with Gasteiger partial charge in [-0.1, -0.05) is 117 Å². The molecule has 51 heavy (non-hydrogen) atoms. The van der Waals surface area contributed by atoms with Crippen molar-refractivity contribution < 1.29 is 10.0 Å². The highest BCUT2D eigenvalue weighted by molar-refractivity contribution is 7.09. The second kappa shape index (κ2) is 20.8. The van der Waals surface area contributed by atoms with E-state index in [-0.39, 0.29) is 17.4 Å². The van der Waals surface area contributed by atoms with Crippen LogP contribution in [0, 0.1) is 17.3 Å². The van der Waals surface area contributed by atoms with E-state index in [9.17, 15) is 10.0 Å². The molecule has 1 saturated carbocycles. The van der Waals surface area contributed by atoms with E-state index in [1.165, 1.54) is 60.9 Å². The van der Waals surface area contributed by atoms with Gasteiger partial charge >= 0.3 is 0 Å². The van der Waals surface area contributed by atoms with E-state index in [1.54, 1.807) is 11.3 Å². The zero-order chi connectivity index (χ0) is 37.6. The highest BCUT2D eigenvalue weighted by Crippen LogP contribution is 2.47. The quantitative estimate of drug-likeness (QED) is 0.0771. The molecule has 1 aromatic rings. The molecule has 2 bridgehead atoms. The van der Waals surface area contributed by atoms with Crippen LogP contribution in [0.15, 0.2) is 94.0 Å². The molecule has 3 aliphatic rings. The van der Waals surface area contributed by atoms with Crippen LogP contribution >= 0.6 is 11.3 Å². The van der Waals surface area contributed by atoms with Gasteiger partial charge in [-0.2, -0.15) is 0 Å². The van der Waals surface area contributed by atoms with Crippen molar-refractivity contribution in [2.24, 2.45) is 17.3 Å². The molecule has 0 saturated heterocycles. The molecular formula is C44H68N4O2S. The Balaban J connectivity index is 0.00000345. The largest absolute Gasteiger partial charge is 0.366 e. The zero-order valence-corrected chi connectivity index (χ0v) is 34.2. The monoisotopic (exact) mass is 717 g/mol. The van der Waals surface area contributed by atoms with E-state index < -0.39 is 5.91 Å². The molecule has 282 valence electrons. The van der Waals surface area contributed by atoms with Gasteiger partial charge in [-0.15, -0.1) is 11.3 Å². The fourth-order valence-electron chi connectivity index (χ4n) is 7.97. The summed E-state index contributed by atoms with van der Waals surface area (Å²) in [4.78, 5) is 22.7. The number of rotatable bonds is 16. The molecule has 1 amide bonds. The number of aromatic nitrogens is 1. The predicted octanol–water partition coefficient (Wildman–Crippen LogP) is 12.0. The number of carbonyl (C=O) groups excluding carboxylic acids is 1. The number of amides is 1. The molecule has 4 rings (SSSR count). The van der Waals surface area contributed by atoms with E-state index in [0.717, 1.165) is 55.1 Å². The summed E-state index contributed by atoms with van der Waals surface area (Å²) in [7, 11) is 0. The van der Waals surface area contributed by atoms with Gasteiger partial charge in [0, 0.05) is 58.7 Å². The minimum Gasteiger partial charge on any atom is -0.366 e. The molecule has 0 radical (unpaired) electrons. The van der Waals surface area contributed by atoms with Gasteiger partial charge in [0.25, 0.3) is 5.91 Å². The number of hydroxylamine groups is 1. The van der Waals surface area contributed by atoms with E-state index >= 15 is 0 Å². The van der Waals surface area contributed by atoms with Crippen LogP contribution in [0.4, 0.5) is 0 Å². The summed E-state index contributed by atoms with van der Waals surface area (Å²) in [5.41, 5.74) is 9.67. The van der Waals surface area contributed by atoms with Crippen LogP contribution in [-0.2, 0) is 4.79 Å². The Bertz CT molecular complexity index is 1470. The van der Waals surface area contributed by atoms with Crippen molar-refractivity contribution in [2.75, 3.05) is 13.1 Å². The van der Waals surface area contributed by atoms with Gasteiger partial charge < -0.3 is 9.80 Å². The molecule has 6 nitrogen and oxygen atoms in total. The van der Waals surface area contributed by atoms with Crippen LogP contribution in [0.25, 0.3) is 0 Å². The van der Waals surface area contributed by atoms with Gasteiger partial charge in [-0.25, -0.2) is 10.5 Å². The van der Waals surface area contributed by atoms with Crippen molar-refractivity contribution in [3.8, 4) is 0 Å². The van der Waals surface area contributed by atoms with E-state index in [1.807, 2.05) is 37.7 Å². The van der Waals surface area contributed by atoms with Gasteiger partial charge in [0.2, 0.25) is 0 Å². The Kier molecular flexibility index (Phi) is 17.2. The molecule has 3 unspecified atom stereocenters. The number of hydrogen-bond acceptors (Lipinski definition) is 6. The van der Waals surface area contributed by atoms with Gasteiger partial charge in [0.15, 0.2) is 0 Å². The summed E-state index contributed by atoms with van der Waals surface area (Å²) < 4.78 is 0. The standard InChI is InChI=1S/C42H62N4O2S.C2H6/c1-9-18-37(41-43-25-26-49-41)45(13-5)31(7)42(8,12-4)29-46-36-27-34(23-24-35(28-36)40(47)44-48)38(33-19-16-14-15-17-20-33)39(46)30(6)21-22-32(10-2)11-3;1-2/h21-28,33-34,37,48H,7,9-20,29H2,1-6,8H3,(H,44,47);1-2H3/b30-21+;. The maximum Gasteiger partial charge on any atom is 0.274 e.